The van der Waals surface area contributed by atoms with Crippen molar-refractivity contribution in [1.29, 1.82) is 0 Å². The van der Waals surface area contributed by atoms with Crippen LogP contribution in [0.15, 0.2) is 48.5 Å². The molecule has 1 saturated carbocycles. The van der Waals surface area contributed by atoms with Crippen LogP contribution in [0.1, 0.15) is 41.6 Å². The van der Waals surface area contributed by atoms with Crippen molar-refractivity contribution in [3.8, 4) is 0 Å². The Kier molecular flexibility index (Phi) is 5.33. The summed E-state index contributed by atoms with van der Waals surface area (Å²) >= 11 is 0. The zero-order valence-corrected chi connectivity index (χ0v) is 14.1. The summed E-state index contributed by atoms with van der Waals surface area (Å²) in [6, 6.07) is 14.5. The first kappa shape index (κ1) is 17.0. The molecule has 5 heteroatoms. The second kappa shape index (κ2) is 7.83. The van der Waals surface area contributed by atoms with Gasteiger partial charge in [-0.15, -0.1) is 0 Å². The van der Waals surface area contributed by atoms with E-state index >= 15 is 0 Å². The van der Waals surface area contributed by atoms with Gasteiger partial charge in [-0.25, -0.2) is 0 Å². The van der Waals surface area contributed by atoms with E-state index in [4.69, 9.17) is 5.73 Å². The highest BCUT2D eigenvalue weighted by Gasteiger charge is 2.17. The van der Waals surface area contributed by atoms with Crippen LogP contribution >= 0.6 is 0 Å². The topological polar surface area (TPSA) is 84.2 Å². The smallest absolute Gasteiger partial charge is 0.251 e. The van der Waals surface area contributed by atoms with Gasteiger partial charge in [0.05, 0.1) is 6.42 Å². The van der Waals surface area contributed by atoms with Gasteiger partial charge in [0.25, 0.3) is 5.91 Å². The van der Waals surface area contributed by atoms with Crippen LogP contribution in [0.5, 0.6) is 0 Å². The number of rotatable bonds is 5. The summed E-state index contributed by atoms with van der Waals surface area (Å²) in [5.74, 6) is -0.153. The molecule has 0 heterocycles. The molecule has 0 unspecified atom stereocenters. The Hall–Kier alpha value is -2.82. The second-order valence-electron chi connectivity index (χ2n) is 6.50. The summed E-state index contributed by atoms with van der Waals surface area (Å²) in [7, 11) is 0. The molecular weight excluding hydrogens is 314 g/mol. The van der Waals surface area contributed by atoms with Crippen molar-refractivity contribution < 1.29 is 9.59 Å². The van der Waals surface area contributed by atoms with E-state index in [1.807, 2.05) is 12.1 Å². The van der Waals surface area contributed by atoms with Gasteiger partial charge in [-0.05, 0) is 54.8 Å². The minimum Gasteiger partial charge on any atom is -0.399 e. The molecule has 0 bridgehead atoms. The Morgan fingerprint density at radius 1 is 0.960 bits per heavy atom. The fraction of sp³-hybridized carbons (Fsp3) is 0.300. The maximum absolute atomic E-state index is 12.2. The van der Waals surface area contributed by atoms with Gasteiger partial charge in [0.15, 0.2) is 0 Å². The van der Waals surface area contributed by atoms with Crippen LogP contribution in [0, 0.1) is 0 Å². The van der Waals surface area contributed by atoms with E-state index in [-0.39, 0.29) is 18.2 Å². The highest BCUT2D eigenvalue weighted by molar-refractivity contribution is 5.96. The third-order valence-electron chi connectivity index (χ3n) is 4.47. The van der Waals surface area contributed by atoms with Crippen LogP contribution in [0.2, 0.25) is 0 Å². The lowest BCUT2D eigenvalue weighted by Crippen LogP contribution is -2.32. The third kappa shape index (κ3) is 4.83. The number of amides is 2. The molecule has 2 aromatic carbocycles. The Morgan fingerprint density at radius 3 is 2.24 bits per heavy atom. The van der Waals surface area contributed by atoms with Crippen molar-refractivity contribution in [2.45, 2.75) is 38.1 Å². The first-order valence-corrected chi connectivity index (χ1v) is 8.65. The van der Waals surface area contributed by atoms with E-state index in [2.05, 4.69) is 10.6 Å². The lowest BCUT2D eigenvalue weighted by atomic mass is 10.1. The predicted octanol–water partition coefficient (Wildman–Crippen LogP) is 3.12. The molecule has 1 aliphatic rings. The van der Waals surface area contributed by atoms with Gasteiger partial charge in [-0.2, -0.15) is 0 Å². The first-order valence-electron chi connectivity index (χ1n) is 8.65. The summed E-state index contributed by atoms with van der Waals surface area (Å²) in [5.41, 5.74) is 8.51. The molecule has 25 heavy (non-hydrogen) atoms. The molecule has 0 atom stereocenters. The molecule has 1 aliphatic carbocycles. The lowest BCUT2D eigenvalue weighted by molar-refractivity contribution is -0.115. The zero-order chi connectivity index (χ0) is 17.6. The van der Waals surface area contributed by atoms with Gasteiger partial charge in [-0.3, -0.25) is 9.59 Å². The summed E-state index contributed by atoms with van der Waals surface area (Å²) in [4.78, 5) is 24.3. The van der Waals surface area contributed by atoms with Gasteiger partial charge in [0.2, 0.25) is 5.91 Å². The van der Waals surface area contributed by atoms with Gasteiger partial charge >= 0.3 is 0 Å². The Bertz CT molecular complexity index is 733. The molecule has 2 aromatic rings. The number of anilines is 2. The summed E-state index contributed by atoms with van der Waals surface area (Å²) in [5, 5.41) is 5.90. The fourth-order valence-electron chi connectivity index (χ4n) is 3.07. The fourth-order valence-corrected chi connectivity index (χ4v) is 3.07. The quantitative estimate of drug-likeness (QED) is 0.733. The monoisotopic (exact) mass is 337 g/mol. The van der Waals surface area contributed by atoms with E-state index in [1.165, 1.54) is 12.8 Å². The van der Waals surface area contributed by atoms with E-state index < -0.39 is 0 Å². The van der Waals surface area contributed by atoms with Gasteiger partial charge in [-0.1, -0.05) is 25.0 Å². The maximum Gasteiger partial charge on any atom is 0.251 e. The van der Waals surface area contributed by atoms with Crippen LogP contribution in [0.25, 0.3) is 0 Å². The largest absolute Gasteiger partial charge is 0.399 e. The van der Waals surface area contributed by atoms with Crippen molar-refractivity contribution in [2.75, 3.05) is 11.1 Å². The third-order valence-corrected chi connectivity index (χ3v) is 4.47. The SMILES string of the molecule is Nc1ccc(CC(=O)Nc2ccc(C(=O)NC3CCCC3)cc2)cc1. The molecule has 1 fully saturated rings. The van der Waals surface area contributed by atoms with Crippen LogP contribution in [-0.4, -0.2) is 17.9 Å². The van der Waals surface area contributed by atoms with Crippen molar-refractivity contribution in [2.24, 2.45) is 0 Å². The predicted molar refractivity (Wildman–Crippen MR) is 99.4 cm³/mol. The number of nitrogens with two attached hydrogens (primary N) is 1. The molecule has 0 spiro atoms. The van der Waals surface area contributed by atoms with Crippen LogP contribution in [0.3, 0.4) is 0 Å². The van der Waals surface area contributed by atoms with E-state index in [0.717, 1.165) is 18.4 Å². The molecule has 3 rings (SSSR count). The molecule has 0 aliphatic heterocycles. The Labute approximate surface area is 147 Å². The lowest BCUT2D eigenvalue weighted by Gasteiger charge is -2.12. The molecule has 4 N–H and O–H groups in total. The molecule has 0 radical (unpaired) electrons. The van der Waals surface area contributed by atoms with Gasteiger partial charge in [0, 0.05) is 23.0 Å². The van der Waals surface area contributed by atoms with Gasteiger partial charge < -0.3 is 16.4 Å². The van der Waals surface area contributed by atoms with Crippen LogP contribution < -0.4 is 16.4 Å². The molecule has 0 saturated heterocycles. The van der Waals surface area contributed by atoms with Crippen molar-refractivity contribution >= 4 is 23.2 Å². The number of hydrogen-bond acceptors (Lipinski definition) is 3. The molecule has 0 aromatic heterocycles. The number of hydrogen-bond donors (Lipinski definition) is 3. The minimum atomic E-state index is -0.104. The molecule has 5 nitrogen and oxygen atoms in total. The van der Waals surface area contributed by atoms with Crippen molar-refractivity contribution in [3.63, 3.8) is 0 Å². The summed E-state index contributed by atoms with van der Waals surface area (Å²) < 4.78 is 0. The van der Waals surface area contributed by atoms with Crippen molar-refractivity contribution in [3.05, 3.63) is 59.7 Å². The number of nitrogen functional groups attached to an aromatic ring is 1. The van der Waals surface area contributed by atoms with E-state index in [0.29, 0.717) is 23.0 Å². The average molecular weight is 337 g/mol. The second-order valence-corrected chi connectivity index (χ2v) is 6.50. The number of nitrogens with one attached hydrogen (secondary N) is 2. The average Bonchev–Trinajstić information content (AvgIpc) is 3.10. The zero-order valence-electron chi connectivity index (χ0n) is 14.1. The van der Waals surface area contributed by atoms with Crippen LogP contribution in [0.4, 0.5) is 11.4 Å². The van der Waals surface area contributed by atoms with E-state index in [1.54, 1.807) is 36.4 Å². The molecule has 130 valence electrons. The molecular formula is C20H23N3O2. The standard InChI is InChI=1S/C20H23N3O2/c21-16-9-5-14(6-10-16)13-19(24)22-18-11-7-15(8-12-18)20(25)23-17-3-1-2-4-17/h5-12,17H,1-4,13,21H2,(H,22,24)(H,23,25). The Balaban J connectivity index is 1.53. The van der Waals surface area contributed by atoms with Crippen molar-refractivity contribution in [1.82, 2.24) is 5.32 Å². The Morgan fingerprint density at radius 2 is 1.60 bits per heavy atom. The number of carbonyl (C=O) groups is 2. The minimum absolute atomic E-state index is 0.0494. The highest BCUT2D eigenvalue weighted by Crippen LogP contribution is 2.18. The first-order chi connectivity index (χ1) is 12.1. The summed E-state index contributed by atoms with van der Waals surface area (Å²) in [6.45, 7) is 0. The van der Waals surface area contributed by atoms with Gasteiger partial charge in [0.1, 0.15) is 0 Å². The van der Waals surface area contributed by atoms with E-state index in [9.17, 15) is 9.59 Å². The maximum atomic E-state index is 12.2. The normalized spacial score (nSPS) is 14.2. The highest BCUT2D eigenvalue weighted by atomic mass is 16.2. The number of benzene rings is 2. The summed E-state index contributed by atoms with van der Waals surface area (Å²) in [6.07, 6.45) is 4.77. The number of carbonyl (C=O) groups excluding carboxylic acids is 2. The van der Waals surface area contributed by atoms with Crippen LogP contribution in [-0.2, 0) is 11.2 Å². The molecule has 2 amide bonds.